The fourth-order valence-electron chi connectivity index (χ4n) is 2.86. The van der Waals surface area contributed by atoms with Crippen molar-refractivity contribution in [3.63, 3.8) is 0 Å². The van der Waals surface area contributed by atoms with Gasteiger partial charge in [-0.15, -0.1) is 0 Å². The van der Waals surface area contributed by atoms with Crippen molar-refractivity contribution in [1.82, 2.24) is 9.97 Å². The fourth-order valence-corrected chi connectivity index (χ4v) is 2.86. The number of pyridine rings is 2. The average molecular weight is 304 g/mol. The Kier molecular flexibility index (Phi) is 4.35. The zero-order chi connectivity index (χ0) is 16.1. The van der Waals surface area contributed by atoms with E-state index in [4.69, 9.17) is 11.5 Å². The summed E-state index contributed by atoms with van der Waals surface area (Å²) in [5.74, 6) is 0. The summed E-state index contributed by atoms with van der Waals surface area (Å²) < 4.78 is 0. The summed E-state index contributed by atoms with van der Waals surface area (Å²) in [6.07, 6.45) is 4.76. The predicted molar refractivity (Wildman–Crippen MR) is 92.6 cm³/mol. The lowest BCUT2D eigenvalue weighted by atomic mass is 9.81. The Bertz CT molecular complexity index is 715. The molecule has 4 heteroatoms. The predicted octanol–water partition coefficient (Wildman–Crippen LogP) is 2.70. The second kappa shape index (κ2) is 6.58. The van der Waals surface area contributed by atoms with Gasteiger partial charge < -0.3 is 11.5 Å². The van der Waals surface area contributed by atoms with Crippen LogP contribution in [0.4, 0.5) is 5.69 Å². The molecule has 0 unspecified atom stereocenters. The van der Waals surface area contributed by atoms with Gasteiger partial charge in [0.25, 0.3) is 0 Å². The Hall–Kier alpha value is -2.72. The second-order valence-corrected chi connectivity index (χ2v) is 5.74. The Balaban J connectivity index is 2.00. The van der Waals surface area contributed by atoms with Crippen molar-refractivity contribution in [3.05, 3.63) is 90.0 Å². The first-order valence-corrected chi connectivity index (χ1v) is 7.61. The van der Waals surface area contributed by atoms with Gasteiger partial charge in [-0.2, -0.15) is 0 Å². The molecule has 3 aromatic rings. The number of nitrogens with two attached hydrogens (primary N) is 2. The minimum atomic E-state index is -0.659. The minimum Gasteiger partial charge on any atom is -0.398 e. The molecule has 0 aliphatic rings. The molecule has 0 saturated carbocycles. The third-order valence-corrected chi connectivity index (χ3v) is 3.94. The van der Waals surface area contributed by atoms with E-state index in [1.807, 2.05) is 60.7 Å². The van der Waals surface area contributed by atoms with E-state index in [0.717, 1.165) is 17.0 Å². The third-order valence-electron chi connectivity index (χ3n) is 3.94. The van der Waals surface area contributed by atoms with Crippen molar-refractivity contribution in [1.29, 1.82) is 0 Å². The van der Waals surface area contributed by atoms with Gasteiger partial charge in [-0.3, -0.25) is 9.97 Å². The van der Waals surface area contributed by atoms with E-state index in [2.05, 4.69) is 9.97 Å². The number of hydrogen-bond donors (Lipinski definition) is 2. The zero-order valence-electron chi connectivity index (χ0n) is 12.9. The van der Waals surface area contributed by atoms with E-state index in [0.29, 0.717) is 18.5 Å². The van der Waals surface area contributed by atoms with E-state index in [1.54, 1.807) is 12.4 Å². The van der Waals surface area contributed by atoms with Gasteiger partial charge in [0.15, 0.2) is 0 Å². The van der Waals surface area contributed by atoms with Crippen LogP contribution < -0.4 is 11.5 Å². The molecule has 0 aliphatic carbocycles. The SMILES string of the molecule is Nc1ccccc1C(N)(Cc1ccccn1)Cc1ccccn1. The summed E-state index contributed by atoms with van der Waals surface area (Å²) in [6.45, 7) is 0. The van der Waals surface area contributed by atoms with Crippen molar-refractivity contribution in [3.8, 4) is 0 Å². The third kappa shape index (κ3) is 3.55. The van der Waals surface area contributed by atoms with Gasteiger partial charge in [0.05, 0.1) is 5.54 Å². The molecule has 0 atom stereocenters. The molecule has 0 bridgehead atoms. The van der Waals surface area contributed by atoms with Crippen molar-refractivity contribution in [2.75, 3.05) is 5.73 Å². The zero-order valence-corrected chi connectivity index (χ0v) is 12.9. The first kappa shape index (κ1) is 15.2. The fraction of sp³-hybridized carbons (Fsp3) is 0.158. The van der Waals surface area contributed by atoms with Crippen molar-refractivity contribution < 1.29 is 0 Å². The van der Waals surface area contributed by atoms with E-state index in [1.165, 1.54) is 0 Å². The van der Waals surface area contributed by atoms with Crippen molar-refractivity contribution in [2.24, 2.45) is 5.73 Å². The van der Waals surface area contributed by atoms with Crippen LogP contribution >= 0.6 is 0 Å². The molecule has 2 heterocycles. The Morgan fingerprint density at radius 1 is 0.739 bits per heavy atom. The van der Waals surface area contributed by atoms with Crippen LogP contribution in [-0.2, 0) is 18.4 Å². The number of aromatic nitrogens is 2. The van der Waals surface area contributed by atoms with Crippen LogP contribution in [-0.4, -0.2) is 9.97 Å². The molecule has 4 N–H and O–H groups in total. The molecule has 0 amide bonds. The number of anilines is 1. The number of nitrogens with zero attached hydrogens (tertiary/aromatic N) is 2. The van der Waals surface area contributed by atoms with Gasteiger partial charge in [-0.1, -0.05) is 30.3 Å². The number of rotatable bonds is 5. The second-order valence-electron chi connectivity index (χ2n) is 5.74. The molecule has 23 heavy (non-hydrogen) atoms. The van der Waals surface area contributed by atoms with Gasteiger partial charge in [0.1, 0.15) is 0 Å². The quantitative estimate of drug-likeness (QED) is 0.710. The van der Waals surface area contributed by atoms with Crippen LogP contribution in [0.2, 0.25) is 0 Å². The highest BCUT2D eigenvalue weighted by molar-refractivity contribution is 5.51. The summed E-state index contributed by atoms with van der Waals surface area (Å²) in [5, 5.41) is 0. The lowest BCUT2D eigenvalue weighted by Crippen LogP contribution is -2.42. The van der Waals surface area contributed by atoms with Gasteiger partial charge in [-0.05, 0) is 35.9 Å². The molecule has 1 aromatic carbocycles. The minimum absolute atomic E-state index is 0.596. The van der Waals surface area contributed by atoms with E-state index in [9.17, 15) is 0 Å². The standard InChI is InChI=1S/C19H20N4/c20-18-10-2-1-9-17(18)19(21,13-15-7-3-5-11-22-15)14-16-8-4-6-12-23-16/h1-12H,13-14,20-21H2. The first-order chi connectivity index (χ1) is 11.2. The number of para-hydroxylation sites is 1. The molecule has 0 aliphatic heterocycles. The average Bonchev–Trinajstić information content (AvgIpc) is 2.57. The van der Waals surface area contributed by atoms with Gasteiger partial charge in [0, 0.05) is 42.3 Å². The number of nitrogen functional groups attached to an aromatic ring is 1. The highest BCUT2D eigenvalue weighted by Crippen LogP contribution is 2.30. The normalized spacial score (nSPS) is 11.3. The lowest BCUT2D eigenvalue weighted by Gasteiger charge is -2.31. The van der Waals surface area contributed by atoms with Gasteiger partial charge in [-0.25, -0.2) is 0 Å². The van der Waals surface area contributed by atoms with E-state index >= 15 is 0 Å². The lowest BCUT2D eigenvalue weighted by molar-refractivity contribution is 0.430. The Morgan fingerprint density at radius 3 is 1.74 bits per heavy atom. The Morgan fingerprint density at radius 2 is 1.26 bits per heavy atom. The Labute approximate surface area is 136 Å². The summed E-state index contributed by atoms with van der Waals surface area (Å²) in [4.78, 5) is 8.84. The molecule has 0 saturated heterocycles. The molecule has 116 valence electrons. The molecule has 2 aromatic heterocycles. The van der Waals surface area contributed by atoms with E-state index < -0.39 is 5.54 Å². The summed E-state index contributed by atoms with van der Waals surface area (Å²) in [6, 6.07) is 19.5. The largest absolute Gasteiger partial charge is 0.398 e. The summed E-state index contributed by atoms with van der Waals surface area (Å²) >= 11 is 0. The molecule has 3 rings (SSSR count). The summed E-state index contributed by atoms with van der Waals surface area (Å²) in [5.41, 5.74) is 15.9. The van der Waals surface area contributed by atoms with Crippen LogP contribution in [0.5, 0.6) is 0 Å². The summed E-state index contributed by atoms with van der Waals surface area (Å²) in [7, 11) is 0. The topological polar surface area (TPSA) is 77.8 Å². The molecular weight excluding hydrogens is 284 g/mol. The molecule has 4 nitrogen and oxygen atoms in total. The monoisotopic (exact) mass is 304 g/mol. The maximum atomic E-state index is 6.82. The van der Waals surface area contributed by atoms with Crippen LogP contribution in [0.25, 0.3) is 0 Å². The smallest absolute Gasteiger partial charge is 0.0541 e. The molecular formula is C19H20N4. The van der Waals surface area contributed by atoms with Crippen LogP contribution in [0.15, 0.2) is 73.1 Å². The van der Waals surface area contributed by atoms with E-state index in [-0.39, 0.29) is 0 Å². The first-order valence-electron chi connectivity index (χ1n) is 7.61. The van der Waals surface area contributed by atoms with Crippen molar-refractivity contribution in [2.45, 2.75) is 18.4 Å². The molecule has 0 fully saturated rings. The highest BCUT2D eigenvalue weighted by atomic mass is 14.8. The van der Waals surface area contributed by atoms with Crippen LogP contribution in [0.1, 0.15) is 17.0 Å². The van der Waals surface area contributed by atoms with Crippen molar-refractivity contribution >= 4 is 5.69 Å². The highest BCUT2D eigenvalue weighted by Gasteiger charge is 2.31. The maximum Gasteiger partial charge on any atom is 0.0541 e. The van der Waals surface area contributed by atoms with Gasteiger partial charge >= 0.3 is 0 Å². The molecule has 0 spiro atoms. The maximum absolute atomic E-state index is 6.82. The number of benzene rings is 1. The van der Waals surface area contributed by atoms with Gasteiger partial charge in [0.2, 0.25) is 0 Å². The number of hydrogen-bond acceptors (Lipinski definition) is 4. The van der Waals surface area contributed by atoms with Crippen LogP contribution in [0, 0.1) is 0 Å². The molecule has 0 radical (unpaired) electrons. The van der Waals surface area contributed by atoms with Crippen LogP contribution in [0.3, 0.4) is 0 Å².